The van der Waals surface area contributed by atoms with Crippen molar-refractivity contribution in [1.29, 1.82) is 0 Å². The fourth-order valence-electron chi connectivity index (χ4n) is 2.57. The van der Waals surface area contributed by atoms with Crippen LogP contribution in [0.25, 0.3) is 0 Å². The maximum Gasteiger partial charge on any atom is 0.227 e. The molecule has 2 fully saturated rings. The van der Waals surface area contributed by atoms with E-state index in [9.17, 15) is 4.79 Å². The van der Waals surface area contributed by atoms with Crippen LogP contribution in [0.3, 0.4) is 0 Å². The van der Waals surface area contributed by atoms with Crippen molar-refractivity contribution in [1.82, 2.24) is 19.8 Å². The van der Waals surface area contributed by atoms with E-state index in [0.717, 1.165) is 38.2 Å². The van der Waals surface area contributed by atoms with Gasteiger partial charge >= 0.3 is 0 Å². The molecule has 1 atom stereocenters. The summed E-state index contributed by atoms with van der Waals surface area (Å²) in [5.41, 5.74) is 0. The Bertz CT molecular complexity index is 432. The number of rotatable bonds is 4. The Morgan fingerprint density at radius 1 is 1.56 bits per heavy atom. The first-order valence-corrected chi connectivity index (χ1v) is 6.73. The normalized spacial score (nSPS) is 23.3. The van der Waals surface area contributed by atoms with Gasteiger partial charge < -0.3 is 14.8 Å². The molecule has 0 bridgehead atoms. The molecule has 1 aliphatic carbocycles. The predicted octanol–water partition coefficient (Wildman–Crippen LogP) is 0.521. The Labute approximate surface area is 107 Å². The topological polar surface area (TPSA) is 50.2 Å². The van der Waals surface area contributed by atoms with Crippen molar-refractivity contribution in [3.05, 3.63) is 18.2 Å². The lowest BCUT2D eigenvalue weighted by molar-refractivity contribution is -0.136. The number of carbonyl (C=O) groups is 1. The number of imidazole rings is 1. The molecule has 2 aliphatic rings. The molecule has 0 aromatic carbocycles. The fraction of sp³-hybridized carbons (Fsp3) is 0.692. The van der Waals surface area contributed by atoms with Gasteiger partial charge in [-0.2, -0.15) is 0 Å². The monoisotopic (exact) mass is 248 g/mol. The lowest BCUT2D eigenvalue weighted by Crippen LogP contribution is -2.38. The van der Waals surface area contributed by atoms with Gasteiger partial charge in [0.25, 0.3) is 0 Å². The number of aryl methyl sites for hydroxylation is 1. The van der Waals surface area contributed by atoms with E-state index in [1.54, 1.807) is 6.20 Å². The number of nitrogens with one attached hydrogen (secondary N) is 1. The van der Waals surface area contributed by atoms with Crippen LogP contribution < -0.4 is 5.32 Å². The van der Waals surface area contributed by atoms with E-state index in [1.807, 2.05) is 22.7 Å². The minimum atomic E-state index is 0.172. The Morgan fingerprint density at radius 2 is 2.39 bits per heavy atom. The summed E-state index contributed by atoms with van der Waals surface area (Å²) in [6.07, 6.45) is 7.00. The van der Waals surface area contributed by atoms with E-state index in [4.69, 9.17) is 0 Å². The first kappa shape index (κ1) is 11.7. The van der Waals surface area contributed by atoms with E-state index < -0.39 is 0 Å². The summed E-state index contributed by atoms with van der Waals surface area (Å²) in [5.74, 6) is 1.46. The highest BCUT2D eigenvalue weighted by Crippen LogP contribution is 2.30. The van der Waals surface area contributed by atoms with Crippen molar-refractivity contribution in [2.45, 2.75) is 31.8 Å². The fourth-order valence-corrected chi connectivity index (χ4v) is 2.57. The van der Waals surface area contributed by atoms with Crippen molar-refractivity contribution in [3.8, 4) is 0 Å². The average Bonchev–Trinajstić information content (AvgIpc) is 2.90. The number of hydrogen-bond donors (Lipinski definition) is 1. The zero-order chi connectivity index (χ0) is 12.5. The SMILES string of the molecule is Cn1ccnc1CN(C(=O)C1CCNC1)C1CC1. The molecule has 1 saturated heterocycles. The molecule has 1 amide bonds. The Kier molecular flexibility index (Phi) is 3.07. The van der Waals surface area contributed by atoms with Gasteiger partial charge in [0.1, 0.15) is 5.82 Å². The van der Waals surface area contributed by atoms with Crippen LogP contribution in [-0.4, -0.2) is 39.5 Å². The average molecular weight is 248 g/mol. The van der Waals surface area contributed by atoms with E-state index in [1.165, 1.54) is 0 Å². The maximum atomic E-state index is 12.5. The molecule has 1 aliphatic heterocycles. The van der Waals surface area contributed by atoms with Gasteiger partial charge in [-0.1, -0.05) is 0 Å². The Balaban J connectivity index is 1.72. The van der Waals surface area contributed by atoms with E-state index >= 15 is 0 Å². The third-order valence-electron chi connectivity index (χ3n) is 3.91. The minimum absolute atomic E-state index is 0.172. The zero-order valence-electron chi connectivity index (χ0n) is 10.8. The van der Waals surface area contributed by atoms with Gasteiger partial charge in [0.05, 0.1) is 12.5 Å². The second-order valence-corrected chi connectivity index (χ2v) is 5.34. The van der Waals surface area contributed by atoms with Crippen LogP contribution in [0.1, 0.15) is 25.1 Å². The zero-order valence-corrected chi connectivity index (χ0v) is 10.8. The van der Waals surface area contributed by atoms with Gasteiger partial charge in [-0.05, 0) is 25.8 Å². The smallest absolute Gasteiger partial charge is 0.227 e. The molecule has 1 aromatic heterocycles. The summed E-state index contributed by atoms with van der Waals surface area (Å²) in [6, 6.07) is 0.454. The largest absolute Gasteiger partial charge is 0.337 e. The summed E-state index contributed by atoms with van der Waals surface area (Å²) in [7, 11) is 1.98. The number of nitrogens with zero attached hydrogens (tertiary/aromatic N) is 3. The number of hydrogen-bond acceptors (Lipinski definition) is 3. The molecule has 1 unspecified atom stereocenters. The van der Waals surface area contributed by atoms with Crippen molar-refractivity contribution < 1.29 is 4.79 Å². The number of amides is 1. The lowest BCUT2D eigenvalue weighted by Gasteiger charge is -2.25. The van der Waals surface area contributed by atoms with Crippen LogP contribution in [-0.2, 0) is 18.4 Å². The van der Waals surface area contributed by atoms with Crippen molar-refractivity contribution in [2.24, 2.45) is 13.0 Å². The molecule has 1 N–H and O–H groups in total. The molecule has 1 saturated carbocycles. The summed E-state index contributed by atoms with van der Waals surface area (Å²) in [4.78, 5) is 18.9. The first-order valence-electron chi connectivity index (χ1n) is 6.73. The van der Waals surface area contributed by atoms with E-state index in [-0.39, 0.29) is 5.92 Å². The molecule has 0 radical (unpaired) electrons. The summed E-state index contributed by atoms with van der Waals surface area (Å²) < 4.78 is 2.00. The van der Waals surface area contributed by atoms with Gasteiger partial charge in [-0.25, -0.2) is 4.98 Å². The van der Waals surface area contributed by atoms with Crippen molar-refractivity contribution in [2.75, 3.05) is 13.1 Å². The predicted molar refractivity (Wildman–Crippen MR) is 67.8 cm³/mol. The quantitative estimate of drug-likeness (QED) is 0.845. The molecule has 5 heteroatoms. The minimum Gasteiger partial charge on any atom is -0.337 e. The van der Waals surface area contributed by atoms with Gasteiger partial charge in [-0.15, -0.1) is 0 Å². The van der Waals surface area contributed by atoms with Crippen LogP contribution in [0.4, 0.5) is 0 Å². The highest BCUT2D eigenvalue weighted by atomic mass is 16.2. The molecular weight excluding hydrogens is 228 g/mol. The van der Waals surface area contributed by atoms with Gasteiger partial charge in [0.15, 0.2) is 0 Å². The lowest BCUT2D eigenvalue weighted by atomic mass is 10.1. The molecule has 18 heavy (non-hydrogen) atoms. The summed E-state index contributed by atoms with van der Waals surface area (Å²) in [6.45, 7) is 2.46. The van der Waals surface area contributed by atoms with E-state index in [2.05, 4.69) is 10.3 Å². The molecular formula is C13H20N4O. The van der Waals surface area contributed by atoms with Crippen LogP contribution in [0.5, 0.6) is 0 Å². The third-order valence-corrected chi connectivity index (χ3v) is 3.91. The van der Waals surface area contributed by atoms with Crippen LogP contribution in [0, 0.1) is 5.92 Å². The third kappa shape index (κ3) is 2.27. The molecule has 0 spiro atoms. The standard InChI is InChI=1S/C13H20N4O/c1-16-7-6-15-12(16)9-17(11-2-3-11)13(18)10-4-5-14-8-10/h6-7,10-11,14H,2-5,8-9H2,1H3. The molecule has 5 nitrogen and oxygen atoms in total. The van der Waals surface area contributed by atoms with Crippen LogP contribution in [0.15, 0.2) is 12.4 Å². The van der Waals surface area contributed by atoms with Gasteiger partial charge in [0, 0.05) is 32.0 Å². The van der Waals surface area contributed by atoms with Crippen molar-refractivity contribution in [3.63, 3.8) is 0 Å². The second-order valence-electron chi connectivity index (χ2n) is 5.34. The molecule has 98 valence electrons. The molecule has 2 heterocycles. The van der Waals surface area contributed by atoms with Gasteiger partial charge in [0.2, 0.25) is 5.91 Å². The summed E-state index contributed by atoms with van der Waals surface area (Å²) >= 11 is 0. The Morgan fingerprint density at radius 3 is 2.94 bits per heavy atom. The Hall–Kier alpha value is -1.36. The second kappa shape index (κ2) is 4.72. The van der Waals surface area contributed by atoms with Gasteiger partial charge in [-0.3, -0.25) is 4.79 Å². The first-order chi connectivity index (χ1) is 8.75. The highest BCUT2D eigenvalue weighted by molar-refractivity contribution is 5.80. The number of carbonyl (C=O) groups excluding carboxylic acids is 1. The van der Waals surface area contributed by atoms with Crippen molar-refractivity contribution >= 4 is 5.91 Å². The number of aromatic nitrogens is 2. The molecule has 1 aromatic rings. The molecule has 3 rings (SSSR count). The maximum absolute atomic E-state index is 12.5. The van der Waals surface area contributed by atoms with Crippen LogP contribution >= 0.6 is 0 Å². The highest BCUT2D eigenvalue weighted by Gasteiger charge is 2.37. The van der Waals surface area contributed by atoms with E-state index in [0.29, 0.717) is 18.5 Å². The summed E-state index contributed by atoms with van der Waals surface area (Å²) in [5, 5.41) is 3.27. The van der Waals surface area contributed by atoms with Crippen LogP contribution in [0.2, 0.25) is 0 Å².